The summed E-state index contributed by atoms with van der Waals surface area (Å²) in [5, 5.41) is 3.25. The van der Waals surface area contributed by atoms with E-state index < -0.39 is 5.91 Å². The van der Waals surface area contributed by atoms with Crippen LogP contribution in [0.2, 0.25) is 5.02 Å². The largest absolute Gasteiger partial charge is 0.366 e. The Labute approximate surface area is 127 Å². The molecule has 0 saturated heterocycles. The number of hydrogen-bond donors (Lipinski definition) is 2. The van der Waals surface area contributed by atoms with Crippen molar-refractivity contribution in [3.05, 3.63) is 70.8 Å². The minimum atomic E-state index is -0.508. The third-order valence-corrected chi connectivity index (χ3v) is 3.10. The molecule has 106 valence electrons. The lowest BCUT2D eigenvalue weighted by atomic mass is 10.2. The van der Waals surface area contributed by atoms with Crippen LogP contribution >= 0.6 is 11.6 Å². The van der Waals surface area contributed by atoms with Gasteiger partial charge in [-0.05, 0) is 42.0 Å². The third kappa shape index (κ3) is 4.19. The molecule has 0 aliphatic carbocycles. The van der Waals surface area contributed by atoms with Crippen molar-refractivity contribution in [3.8, 4) is 0 Å². The van der Waals surface area contributed by atoms with Crippen LogP contribution in [0.1, 0.15) is 15.9 Å². The lowest BCUT2D eigenvalue weighted by molar-refractivity contribution is -0.111. The molecule has 4 nitrogen and oxygen atoms in total. The predicted molar refractivity (Wildman–Crippen MR) is 84.1 cm³/mol. The summed E-state index contributed by atoms with van der Waals surface area (Å²) in [4.78, 5) is 22.7. The lowest BCUT2D eigenvalue weighted by Gasteiger charge is -2.03. The molecule has 0 bridgehead atoms. The SMILES string of the molecule is NC(=O)c1ccc(NC(=O)/C=C/c2ccccc2Cl)cc1. The van der Waals surface area contributed by atoms with Crippen LogP contribution in [-0.2, 0) is 4.79 Å². The second-order valence-electron chi connectivity index (χ2n) is 4.29. The van der Waals surface area contributed by atoms with Gasteiger partial charge in [-0.3, -0.25) is 9.59 Å². The van der Waals surface area contributed by atoms with Crippen LogP contribution < -0.4 is 11.1 Å². The summed E-state index contributed by atoms with van der Waals surface area (Å²) in [5.74, 6) is -0.798. The molecule has 0 aliphatic heterocycles. The summed E-state index contributed by atoms with van der Waals surface area (Å²) < 4.78 is 0. The van der Waals surface area contributed by atoms with E-state index in [2.05, 4.69) is 5.32 Å². The molecule has 0 spiro atoms. The van der Waals surface area contributed by atoms with Crippen LogP contribution in [-0.4, -0.2) is 11.8 Å². The van der Waals surface area contributed by atoms with Crippen molar-refractivity contribution >= 4 is 35.2 Å². The van der Waals surface area contributed by atoms with E-state index in [0.29, 0.717) is 16.3 Å². The van der Waals surface area contributed by atoms with Gasteiger partial charge in [0.05, 0.1) is 0 Å². The second kappa shape index (κ2) is 6.72. The van der Waals surface area contributed by atoms with Gasteiger partial charge < -0.3 is 11.1 Å². The lowest BCUT2D eigenvalue weighted by Crippen LogP contribution is -2.11. The highest BCUT2D eigenvalue weighted by Gasteiger charge is 2.02. The first-order valence-corrected chi connectivity index (χ1v) is 6.57. The molecule has 0 heterocycles. The number of hydrogen-bond acceptors (Lipinski definition) is 2. The first-order chi connectivity index (χ1) is 10.1. The van der Waals surface area contributed by atoms with E-state index in [9.17, 15) is 9.59 Å². The van der Waals surface area contributed by atoms with E-state index in [1.54, 1.807) is 36.4 Å². The average Bonchev–Trinajstić information content (AvgIpc) is 2.47. The van der Waals surface area contributed by atoms with Crippen LogP contribution in [0, 0.1) is 0 Å². The Bertz CT molecular complexity index is 694. The van der Waals surface area contributed by atoms with Gasteiger partial charge in [0.25, 0.3) is 0 Å². The maximum Gasteiger partial charge on any atom is 0.248 e. The molecule has 0 saturated carbocycles. The monoisotopic (exact) mass is 300 g/mol. The van der Waals surface area contributed by atoms with Crippen molar-refractivity contribution in [3.63, 3.8) is 0 Å². The van der Waals surface area contributed by atoms with E-state index in [0.717, 1.165) is 5.56 Å². The number of carbonyl (C=O) groups is 2. The predicted octanol–water partition coefficient (Wildman–Crippen LogP) is 3.09. The van der Waals surface area contributed by atoms with E-state index in [1.807, 2.05) is 18.2 Å². The van der Waals surface area contributed by atoms with Crippen LogP contribution in [0.25, 0.3) is 6.08 Å². The average molecular weight is 301 g/mol. The number of carbonyl (C=O) groups excluding carboxylic acids is 2. The van der Waals surface area contributed by atoms with Crippen LogP contribution in [0.4, 0.5) is 5.69 Å². The molecule has 21 heavy (non-hydrogen) atoms. The molecule has 2 aromatic carbocycles. The maximum atomic E-state index is 11.8. The van der Waals surface area contributed by atoms with Crippen molar-refractivity contribution < 1.29 is 9.59 Å². The number of rotatable bonds is 4. The topological polar surface area (TPSA) is 72.2 Å². The molecule has 2 aromatic rings. The number of nitrogens with two attached hydrogens (primary N) is 1. The summed E-state index contributed by atoms with van der Waals surface area (Å²) in [6, 6.07) is 13.6. The summed E-state index contributed by atoms with van der Waals surface area (Å²) in [6.45, 7) is 0. The van der Waals surface area contributed by atoms with Gasteiger partial charge in [0, 0.05) is 22.3 Å². The minimum Gasteiger partial charge on any atom is -0.366 e. The fourth-order valence-electron chi connectivity index (χ4n) is 1.68. The Kier molecular flexibility index (Phi) is 4.74. The van der Waals surface area contributed by atoms with E-state index in [1.165, 1.54) is 6.08 Å². The van der Waals surface area contributed by atoms with Gasteiger partial charge in [0.1, 0.15) is 0 Å². The van der Waals surface area contributed by atoms with Crippen molar-refractivity contribution in [2.75, 3.05) is 5.32 Å². The summed E-state index contributed by atoms with van der Waals surface area (Å²) >= 11 is 5.99. The van der Waals surface area contributed by atoms with Gasteiger partial charge >= 0.3 is 0 Å². The zero-order chi connectivity index (χ0) is 15.2. The highest BCUT2D eigenvalue weighted by atomic mass is 35.5. The fraction of sp³-hybridized carbons (Fsp3) is 0. The van der Waals surface area contributed by atoms with Gasteiger partial charge in [0.2, 0.25) is 11.8 Å². The number of halogens is 1. The zero-order valence-electron chi connectivity index (χ0n) is 11.0. The normalized spacial score (nSPS) is 10.5. The highest BCUT2D eigenvalue weighted by Crippen LogP contribution is 2.16. The third-order valence-electron chi connectivity index (χ3n) is 2.76. The van der Waals surface area contributed by atoms with Gasteiger partial charge in [-0.15, -0.1) is 0 Å². The Morgan fingerprint density at radius 3 is 2.33 bits per heavy atom. The van der Waals surface area contributed by atoms with Gasteiger partial charge in [-0.1, -0.05) is 29.8 Å². The minimum absolute atomic E-state index is 0.290. The molecule has 0 radical (unpaired) electrons. The smallest absolute Gasteiger partial charge is 0.248 e. The molecule has 0 atom stereocenters. The van der Waals surface area contributed by atoms with Crippen molar-refractivity contribution in [2.45, 2.75) is 0 Å². The molecule has 5 heteroatoms. The molecule has 2 amide bonds. The van der Waals surface area contributed by atoms with E-state index in [4.69, 9.17) is 17.3 Å². The molecular formula is C16H13ClN2O2. The Morgan fingerprint density at radius 2 is 1.71 bits per heavy atom. The second-order valence-corrected chi connectivity index (χ2v) is 4.69. The molecular weight excluding hydrogens is 288 g/mol. The van der Waals surface area contributed by atoms with Crippen LogP contribution in [0.3, 0.4) is 0 Å². The Balaban J connectivity index is 2.02. The zero-order valence-corrected chi connectivity index (χ0v) is 11.8. The standard InChI is InChI=1S/C16H13ClN2O2/c17-14-4-2-1-3-11(14)7-10-15(20)19-13-8-5-12(6-9-13)16(18)21/h1-10H,(H2,18,21)(H,19,20)/b10-7+. The maximum absolute atomic E-state index is 11.8. The molecule has 0 fully saturated rings. The van der Waals surface area contributed by atoms with E-state index in [-0.39, 0.29) is 5.91 Å². The summed E-state index contributed by atoms with van der Waals surface area (Å²) in [5.41, 5.74) is 6.87. The van der Waals surface area contributed by atoms with Gasteiger partial charge in [0.15, 0.2) is 0 Å². The molecule has 0 aromatic heterocycles. The summed E-state index contributed by atoms with van der Waals surface area (Å²) in [7, 11) is 0. The first kappa shape index (κ1) is 14.8. The molecule has 0 unspecified atom stereocenters. The van der Waals surface area contributed by atoms with Crippen LogP contribution in [0.5, 0.6) is 0 Å². The highest BCUT2D eigenvalue weighted by molar-refractivity contribution is 6.32. The van der Waals surface area contributed by atoms with Crippen LogP contribution in [0.15, 0.2) is 54.6 Å². The molecule has 3 N–H and O–H groups in total. The number of nitrogens with one attached hydrogen (secondary N) is 1. The van der Waals surface area contributed by atoms with Crippen molar-refractivity contribution in [1.29, 1.82) is 0 Å². The number of amides is 2. The van der Waals surface area contributed by atoms with Crippen molar-refractivity contribution in [1.82, 2.24) is 0 Å². The Hall–Kier alpha value is -2.59. The molecule has 0 aliphatic rings. The summed E-state index contributed by atoms with van der Waals surface area (Å²) in [6.07, 6.45) is 3.03. The molecule has 2 rings (SSSR count). The fourth-order valence-corrected chi connectivity index (χ4v) is 1.88. The quantitative estimate of drug-likeness (QED) is 0.852. The van der Waals surface area contributed by atoms with E-state index >= 15 is 0 Å². The number of primary amides is 1. The first-order valence-electron chi connectivity index (χ1n) is 6.20. The number of anilines is 1. The van der Waals surface area contributed by atoms with Crippen molar-refractivity contribution in [2.24, 2.45) is 5.73 Å². The van der Waals surface area contributed by atoms with Gasteiger partial charge in [-0.25, -0.2) is 0 Å². The van der Waals surface area contributed by atoms with Gasteiger partial charge in [-0.2, -0.15) is 0 Å². The Morgan fingerprint density at radius 1 is 1.05 bits per heavy atom. The number of benzene rings is 2.